The molecule has 152 valence electrons. The Bertz CT molecular complexity index is 790. The maximum Gasteiger partial charge on any atom is 0.231 e. The lowest BCUT2D eigenvalue weighted by Crippen LogP contribution is -2.26. The van der Waals surface area contributed by atoms with E-state index in [1.54, 1.807) is 6.07 Å². The Balaban J connectivity index is 1.60. The largest absolute Gasteiger partial charge is 0.508 e. The van der Waals surface area contributed by atoms with E-state index in [9.17, 15) is 5.11 Å². The van der Waals surface area contributed by atoms with Gasteiger partial charge in [-0.25, -0.2) is 0 Å². The summed E-state index contributed by atoms with van der Waals surface area (Å²) in [5, 5.41) is 14.3. The van der Waals surface area contributed by atoms with Crippen molar-refractivity contribution in [2.45, 2.75) is 51.0 Å². The lowest BCUT2D eigenvalue weighted by Gasteiger charge is -2.23. The molecule has 2 aromatic rings. The number of halogens is 2. The minimum atomic E-state index is 0.114. The van der Waals surface area contributed by atoms with Gasteiger partial charge in [0, 0.05) is 35.2 Å². The zero-order chi connectivity index (χ0) is 20.1. The first-order valence-corrected chi connectivity index (χ1v) is 10.3. The summed E-state index contributed by atoms with van der Waals surface area (Å²) in [5.41, 5.74) is 6.57. The molecule has 1 aromatic heterocycles. The van der Waals surface area contributed by atoms with Crippen LogP contribution in [0.5, 0.6) is 5.75 Å². The molecule has 0 aliphatic heterocycles. The van der Waals surface area contributed by atoms with Gasteiger partial charge in [-0.2, -0.15) is 15.0 Å². The van der Waals surface area contributed by atoms with Gasteiger partial charge in [0.1, 0.15) is 5.75 Å². The second-order valence-electron chi connectivity index (χ2n) is 7.21. The zero-order valence-electron chi connectivity index (χ0n) is 16.0. The molecule has 0 saturated heterocycles. The van der Waals surface area contributed by atoms with Gasteiger partial charge in [-0.3, -0.25) is 0 Å². The quantitative estimate of drug-likeness (QED) is 0.609. The summed E-state index contributed by atoms with van der Waals surface area (Å²) in [7, 11) is 1.91. The van der Waals surface area contributed by atoms with Crippen molar-refractivity contribution in [1.82, 2.24) is 15.0 Å². The molecule has 1 aromatic carbocycles. The average Bonchev–Trinajstić information content (AvgIpc) is 2.64. The summed E-state index contributed by atoms with van der Waals surface area (Å²) < 4.78 is 0. The van der Waals surface area contributed by atoms with Crippen molar-refractivity contribution in [2.75, 3.05) is 29.5 Å². The molecule has 1 saturated carbocycles. The van der Waals surface area contributed by atoms with Gasteiger partial charge < -0.3 is 21.1 Å². The lowest BCUT2D eigenvalue weighted by atomic mass is 9.96. The maximum absolute atomic E-state index is 10.0. The number of aromatic hydroxyl groups is 1. The fraction of sp³-hybridized carbons (Fsp3) is 0.526. The molecule has 0 radical (unpaired) electrons. The molecule has 0 bridgehead atoms. The maximum atomic E-state index is 10.0. The SMILES string of the molecule is CN(CCCc1c(O)cc(Cl)cc1Cl)c1nc(N)nc(NC2CCCCC2)n1. The highest BCUT2D eigenvalue weighted by Gasteiger charge is 2.16. The highest BCUT2D eigenvalue weighted by molar-refractivity contribution is 6.35. The molecule has 0 amide bonds. The molecule has 3 rings (SSSR count). The Morgan fingerprint density at radius 2 is 1.93 bits per heavy atom. The van der Waals surface area contributed by atoms with Gasteiger partial charge in [-0.1, -0.05) is 42.5 Å². The van der Waals surface area contributed by atoms with Crippen LogP contribution in [0.15, 0.2) is 12.1 Å². The van der Waals surface area contributed by atoms with E-state index in [0.717, 1.165) is 19.3 Å². The van der Waals surface area contributed by atoms with Crippen LogP contribution >= 0.6 is 23.2 Å². The third-order valence-electron chi connectivity index (χ3n) is 4.98. The van der Waals surface area contributed by atoms with Crippen molar-refractivity contribution >= 4 is 41.0 Å². The van der Waals surface area contributed by atoms with Gasteiger partial charge in [0.15, 0.2) is 0 Å². The van der Waals surface area contributed by atoms with Gasteiger partial charge in [0.2, 0.25) is 17.8 Å². The molecule has 1 aliphatic rings. The van der Waals surface area contributed by atoms with E-state index in [1.165, 1.54) is 25.3 Å². The summed E-state index contributed by atoms with van der Waals surface area (Å²) in [6.45, 7) is 0.671. The van der Waals surface area contributed by atoms with E-state index in [1.807, 2.05) is 11.9 Å². The first kappa shape index (κ1) is 20.7. The van der Waals surface area contributed by atoms with Gasteiger partial charge in [-0.15, -0.1) is 0 Å². The molecule has 0 unspecified atom stereocenters. The molecule has 0 spiro atoms. The summed E-state index contributed by atoms with van der Waals surface area (Å²) in [6, 6.07) is 3.53. The molecule has 1 heterocycles. The summed E-state index contributed by atoms with van der Waals surface area (Å²) in [5.74, 6) is 1.37. The van der Waals surface area contributed by atoms with Crippen molar-refractivity contribution in [1.29, 1.82) is 0 Å². The number of phenols is 1. The normalized spacial score (nSPS) is 14.8. The van der Waals surface area contributed by atoms with Crippen molar-refractivity contribution in [3.8, 4) is 5.75 Å². The van der Waals surface area contributed by atoms with Crippen LogP contribution in [0, 0.1) is 0 Å². The molecular weight excluding hydrogens is 399 g/mol. The Kier molecular flexibility index (Phi) is 7.02. The minimum absolute atomic E-state index is 0.114. The topological polar surface area (TPSA) is 100 Å². The van der Waals surface area contributed by atoms with E-state index >= 15 is 0 Å². The van der Waals surface area contributed by atoms with E-state index in [2.05, 4.69) is 20.3 Å². The third kappa shape index (κ3) is 5.52. The van der Waals surface area contributed by atoms with Crippen molar-refractivity contribution < 1.29 is 5.11 Å². The highest BCUT2D eigenvalue weighted by Crippen LogP contribution is 2.31. The molecule has 9 heteroatoms. The van der Waals surface area contributed by atoms with Gasteiger partial charge in [-0.05, 0) is 37.8 Å². The number of nitrogen functional groups attached to an aromatic ring is 1. The highest BCUT2D eigenvalue weighted by atomic mass is 35.5. The Morgan fingerprint density at radius 3 is 2.64 bits per heavy atom. The number of nitrogens with one attached hydrogen (secondary N) is 1. The number of nitrogens with two attached hydrogens (primary N) is 1. The van der Waals surface area contributed by atoms with Crippen LogP contribution in [0.25, 0.3) is 0 Å². The monoisotopic (exact) mass is 424 g/mol. The van der Waals surface area contributed by atoms with Gasteiger partial charge in [0.05, 0.1) is 0 Å². The fourth-order valence-electron chi connectivity index (χ4n) is 3.48. The summed E-state index contributed by atoms with van der Waals surface area (Å²) in [4.78, 5) is 14.9. The number of aromatic nitrogens is 3. The number of hydrogen-bond acceptors (Lipinski definition) is 7. The number of hydrogen-bond donors (Lipinski definition) is 3. The van der Waals surface area contributed by atoms with Crippen LogP contribution in [0.1, 0.15) is 44.1 Å². The van der Waals surface area contributed by atoms with Gasteiger partial charge >= 0.3 is 0 Å². The summed E-state index contributed by atoms with van der Waals surface area (Å²) in [6.07, 6.45) is 7.36. The first-order valence-electron chi connectivity index (χ1n) is 9.58. The molecule has 28 heavy (non-hydrogen) atoms. The van der Waals surface area contributed by atoms with Crippen LogP contribution in [0.4, 0.5) is 17.8 Å². The molecule has 4 N–H and O–H groups in total. The molecule has 1 aliphatic carbocycles. The Morgan fingerprint density at radius 1 is 1.18 bits per heavy atom. The molecule has 1 fully saturated rings. The number of phenolic OH excluding ortho intramolecular Hbond substituents is 1. The van der Waals surface area contributed by atoms with Crippen LogP contribution in [-0.4, -0.2) is 39.7 Å². The fourth-order valence-corrected chi connectivity index (χ4v) is 4.05. The first-order chi connectivity index (χ1) is 13.4. The van der Waals surface area contributed by atoms with Crippen LogP contribution in [-0.2, 0) is 6.42 Å². The standard InChI is InChI=1S/C19H26Cl2N6O/c1-27(9-5-8-14-15(21)10-12(20)11-16(14)28)19-25-17(22)24-18(26-19)23-13-6-3-2-4-7-13/h10-11,13,28H,2-9H2,1H3,(H3,22,23,24,25,26). The van der Waals surface area contributed by atoms with Crippen LogP contribution in [0.2, 0.25) is 10.0 Å². The number of anilines is 3. The lowest BCUT2D eigenvalue weighted by molar-refractivity contribution is 0.460. The minimum Gasteiger partial charge on any atom is -0.508 e. The Hall–Kier alpha value is -1.99. The second kappa shape index (κ2) is 9.47. The Labute approximate surface area is 175 Å². The zero-order valence-corrected chi connectivity index (χ0v) is 17.5. The van der Waals surface area contributed by atoms with Gasteiger partial charge in [0.25, 0.3) is 0 Å². The van der Waals surface area contributed by atoms with E-state index in [0.29, 0.717) is 46.5 Å². The number of nitrogens with zero attached hydrogens (tertiary/aromatic N) is 4. The molecule has 7 nitrogen and oxygen atoms in total. The molecule has 0 atom stereocenters. The molecular formula is C19H26Cl2N6O. The number of rotatable bonds is 7. The second-order valence-corrected chi connectivity index (χ2v) is 8.05. The predicted octanol–water partition coefficient (Wildman–Crippen LogP) is 4.28. The summed E-state index contributed by atoms with van der Waals surface area (Å²) >= 11 is 12.1. The van der Waals surface area contributed by atoms with E-state index < -0.39 is 0 Å². The smallest absolute Gasteiger partial charge is 0.231 e. The van der Waals surface area contributed by atoms with Crippen molar-refractivity contribution in [3.05, 3.63) is 27.7 Å². The van der Waals surface area contributed by atoms with Crippen molar-refractivity contribution in [2.24, 2.45) is 0 Å². The predicted molar refractivity (Wildman–Crippen MR) is 114 cm³/mol. The van der Waals surface area contributed by atoms with Crippen LogP contribution < -0.4 is 16.0 Å². The van der Waals surface area contributed by atoms with Crippen molar-refractivity contribution in [3.63, 3.8) is 0 Å². The average molecular weight is 425 g/mol. The van der Waals surface area contributed by atoms with E-state index in [-0.39, 0.29) is 11.7 Å². The number of benzene rings is 1. The van der Waals surface area contributed by atoms with E-state index in [4.69, 9.17) is 28.9 Å². The third-order valence-corrected chi connectivity index (χ3v) is 5.53. The van der Waals surface area contributed by atoms with Crippen LogP contribution in [0.3, 0.4) is 0 Å².